The Balaban J connectivity index is 1.53. The van der Waals surface area contributed by atoms with Crippen molar-refractivity contribution in [3.8, 4) is 22.6 Å². The van der Waals surface area contributed by atoms with Crippen LogP contribution >= 0.6 is 11.8 Å². The van der Waals surface area contributed by atoms with Crippen LogP contribution in [0.3, 0.4) is 0 Å². The van der Waals surface area contributed by atoms with Crippen molar-refractivity contribution < 1.29 is 4.52 Å². The molecule has 130 valence electrons. The van der Waals surface area contributed by atoms with E-state index in [4.69, 9.17) is 4.52 Å². The minimum atomic E-state index is 0.00434. The van der Waals surface area contributed by atoms with Gasteiger partial charge < -0.3 is 9.09 Å². The molecule has 1 atom stereocenters. The molecule has 0 saturated carbocycles. The van der Waals surface area contributed by atoms with Gasteiger partial charge in [0.25, 0.3) is 0 Å². The molecule has 26 heavy (non-hydrogen) atoms. The lowest BCUT2D eigenvalue weighted by Gasteiger charge is -2.08. The number of nitrogens with zero attached hydrogens (tertiary/aromatic N) is 4. The van der Waals surface area contributed by atoms with Gasteiger partial charge in [0.2, 0.25) is 11.7 Å². The molecule has 0 aliphatic rings. The standard InChI is InChI=1S/C20H18N4OS/c1-14(19-22-18(23-25-19)16-11-7-4-8-12-16)26-20-21-13-17(24(20)2)15-9-5-3-6-10-15/h3-14H,1-2H3/t14-/m0/s1. The van der Waals surface area contributed by atoms with Gasteiger partial charge in [-0.05, 0) is 12.5 Å². The summed E-state index contributed by atoms with van der Waals surface area (Å²) in [5.74, 6) is 1.20. The molecule has 0 N–H and O–H groups in total. The highest BCUT2D eigenvalue weighted by Crippen LogP contribution is 2.35. The average molecular weight is 362 g/mol. The molecule has 0 aliphatic carbocycles. The second-order valence-corrected chi connectivity index (χ2v) is 7.24. The first-order chi connectivity index (χ1) is 12.7. The summed E-state index contributed by atoms with van der Waals surface area (Å²) in [6.45, 7) is 2.05. The third-order valence-electron chi connectivity index (χ3n) is 4.12. The van der Waals surface area contributed by atoms with Crippen molar-refractivity contribution in [2.75, 3.05) is 0 Å². The first-order valence-corrected chi connectivity index (χ1v) is 9.23. The first-order valence-electron chi connectivity index (χ1n) is 8.35. The Bertz CT molecular complexity index is 995. The summed E-state index contributed by atoms with van der Waals surface area (Å²) in [7, 11) is 2.02. The van der Waals surface area contributed by atoms with E-state index in [-0.39, 0.29) is 5.25 Å². The molecule has 4 aromatic rings. The highest BCUT2D eigenvalue weighted by atomic mass is 32.2. The first kappa shape index (κ1) is 16.6. The Kier molecular flexibility index (Phi) is 4.58. The minimum absolute atomic E-state index is 0.00434. The number of thioether (sulfide) groups is 1. The molecule has 0 radical (unpaired) electrons. The molecule has 2 aromatic heterocycles. The lowest BCUT2D eigenvalue weighted by atomic mass is 10.2. The van der Waals surface area contributed by atoms with Crippen LogP contribution in [-0.4, -0.2) is 19.7 Å². The van der Waals surface area contributed by atoms with Gasteiger partial charge in [0.15, 0.2) is 5.16 Å². The van der Waals surface area contributed by atoms with Crippen molar-refractivity contribution in [1.29, 1.82) is 0 Å². The van der Waals surface area contributed by atoms with Crippen molar-refractivity contribution in [2.24, 2.45) is 7.05 Å². The van der Waals surface area contributed by atoms with Crippen LogP contribution in [0.15, 0.2) is 76.5 Å². The Morgan fingerprint density at radius 1 is 0.962 bits per heavy atom. The second-order valence-electron chi connectivity index (χ2n) is 5.93. The van der Waals surface area contributed by atoms with Crippen LogP contribution in [0.1, 0.15) is 18.1 Å². The molecule has 0 saturated heterocycles. The summed E-state index contributed by atoms with van der Waals surface area (Å²) in [5, 5.41) is 5.01. The smallest absolute Gasteiger partial charge is 0.240 e. The lowest BCUT2D eigenvalue weighted by Crippen LogP contribution is -1.97. The summed E-state index contributed by atoms with van der Waals surface area (Å²) in [6.07, 6.45) is 1.90. The minimum Gasteiger partial charge on any atom is -0.338 e. The van der Waals surface area contributed by atoms with Crippen LogP contribution in [-0.2, 0) is 7.05 Å². The Morgan fingerprint density at radius 3 is 2.31 bits per heavy atom. The van der Waals surface area contributed by atoms with Gasteiger partial charge in [-0.15, -0.1) is 0 Å². The predicted octanol–water partition coefficient (Wildman–Crippen LogP) is 4.99. The highest BCUT2D eigenvalue weighted by molar-refractivity contribution is 7.99. The fourth-order valence-corrected chi connectivity index (χ4v) is 3.58. The summed E-state index contributed by atoms with van der Waals surface area (Å²) >= 11 is 1.60. The van der Waals surface area contributed by atoms with E-state index in [1.807, 2.05) is 68.7 Å². The van der Waals surface area contributed by atoms with Gasteiger partial charge in [0.05, 0.1) is 17.1 Å². The topological polar surface area (TPSA) is 56.7 Å². The molecule has 6 heteroatoms. The van der Waals surface area contributed by atoms with E-state index >= 15 is 0 Å². The maximum absolute atomic E-state index is 5.47. The number of hydrogen-bond acceptors (Lipinski definition) is 5. The van der Waals surface area contributed by atoms with Crippen molar-refractivity contribution >= 4 is 11.8 Å². The van der Waals surface area contributed by atoms with Crippen molar-refractivity contribution in [2.45, 2.75) is 17.3 Å². The number of hydrogen-bond donors (Lipinski definition) is 0. The zero-order valence-corrected chi connectivity index (χ0v) is 15.4. The van der Waals surface area contributed by atoms with E-state index in [0.717, 1.165) is 22.0 Å². The third-order valence-corrected chi connectivity index (χ3v) is 5.26. The number of rotatable bonds is 5. The Morgan fingerprint density at radius 2 is 1.62 bits per heavy atom. The highest BCUT2D eigenvalue weighted by Gasteiger charge is 2.19. The molecular weight excluding hydrogens is 344 g/mol. The van der Waals surface area contributed by atoms with Gasteiger partial charge in [-0.2, -0.15) is 4.98 Å². The monoisotopic (exact) mass is 362 g/mol. The van der Waals surface area contributed by atoms with E-state index in [9.17, 15) is 0 Å². The van der Waals surface area contributed by atoms with Crippen LogP contribution in [0.2, 0.25) is 0 Å². The molecular formula is C20H18N4OS. The molecule has 4 rings (SSSR count). The maximum Gasteiger partial charge on any atom is 0.240 e. The van der Waals surface area contributed by atoms with Gasteiger partial charge >= 0.3 is 0 Å². The maximum atomic E-state index is 5.47. The average Bonchev–Trinajstić information content (AvgIpc) is 3.31. The summed E-state index contributed by atoms with van der Waals surface area (Å²) in [4.78, 5) is 9.09. The zero-order chi connectivity index (χ0) is 17.9. The van der Waals surface area contributed by atoms with E-state index in [0.29, 0.717) is 11.7 Å². The van der Waals surface area contributed by atoms with Crippen LogP contribution in [0, 0.1) is 0 Å². The summed E-state index contributed by atoms with van der Waals surface area (Å²) in [5.41, 5.74) is 3.17. The molecule has 0 spiro atoms. The van der Waals surface area contributed by atoms with E-state index in [2.05, 4.69) is 31.8 Å². The van der Waals surface area contributed by atoms with Crippen LogP contribution in [0.5, 0.6) is 0 Å². The molecule has 0 fully saturated rings. The van der Waals surface area contributed by atoms with Crippen LogP contribution in [0.4, 0.5) is 0 Å². The van der Waals surface area contributed by atoms with Gasteiger partial charge in [-0.3, -0.25) is 0 Å². The summed E-state index contributed by atoms with van der Waals surface area (Å²) < 4.78 is 7.55. The number of benzene rings is 2. The zero-order valence-electron chi connectivity index (χ0n) is 14.5. The lowest BCUT2D eigenvalue weighted by molar-refractivity contribution is 0.380. The van der Waals surface area contributed by atoms with Crippen molar-refractivity contribution in [3.05, 3.63) is 72.8 Å². The van der Waals surface area contributed by atoms with E-state index in [1.54, 1.807) is 11.8 Å². The number of imidazole rings is 1. The van der Waals surface area contributed by atoms with Gasteiger partial charge in [0, 0.05) is 12.6 Å². The predicted molar refractivity (Wildman–Crippen MR) is 103 cm³/mol. The largest absolute Gasteiger partial charge is 0.338 e. The van der Waals surface area contributed by atoms with Crippen LogP contribution in [0.25, 0.3) is 22.6 Å². The fraction of sp³-hybridized carbons (Fsp3) is 0.150. The van der Waals surface area contributed by atoms with Gasteiger partial charge in [-0.1, -0.05) is 77.6 Å². The van der Waals surface area contributed by atoms with Crippen molar-refractivity contribution in [3.63, 3.8) is 0 Å². The third kappa shape index (κ3) is 3.28. The molecule has 2 heterocycles. The number of aromatic nitrogens is 4. The van der Waals surface area contributed by atoms with Gasteiger partial charge in [-0.25, -0.2) is 4.98 Å². The Labute approximate surface area is 156 Å². The van der Waals surface area contributed by atoms with Crippen molar-refractivity contribution in [1.82, 2.24) is 19.7 Å². The second kappa shape index (κ2) is 7.17. The molecule has 5 nitrogen and oxygen atoms in total. The van der Waals surface area contributed by atoms with Gasteiger partial charge in [0.1, 0.15) is 0 Å². The SMILES string of the molecule is C[C@H](Sc1ncc(-c2ccccc2)n1C)c1nc(-c2ccccc2)no1. The van der Waals surface area contributed by atoms with E-state index < -0.39 is 0 Å². The molecule has 0 unspecified atom stereocenters. The fourth-order valence-electron chi connectivity index (χ4n) is 2.69. The normalized spacial score (nSPS) is 12.2. The summed E-state index contributed by atoms with van der Waals surface area (Å²) in [6, 6.07) is 20.1. The van der Waals surface area contributed by atoms with Crippen LogP contribution < -0.4 is 0 Å². The molecule has 0 amide bonds. The quantitative estimate of drug-likeness (QED) is 0.468. The molecule has 2 aromatic carbocycles. The molecule has 0 bridgehead atoms. The van der Waals surface area contributed by atoms with E-state index in [1.165, 1.54) is 0 Å². The Hall–Kier alpha value is -2.86. The molecule has 0 aliphatic heterocycles.